The average molecular weight is 410 g/mol. The minimum Gasteiger partial charge on any atom is -0.484 e. The Morgan fingerprint density at radius 3 is 2.40 bits per heavy atom. The van der Waals surface area contributed by atoms with E-state index >= 15 is 0 Å². The van der Waals surface area contributed by atoms with Gasteiger partial charge < -0.3 is 19.9 Å². The number of nitrogens with one attached hydrogen (secondary N) is 1. The summed E-state index contributed by atoms with van der Waals surface area (Å²) >= 11 is 0. The number of benzene rings is 2. The van der Waals surface area contributed by atoms with Gasteiger partial charge in [-0.15, -0.1) is 0 Å². The minimum atomic E-state index is -1.76. The molecule has 2 aromatic rings. The predicted molar refractivity (Wildman–Crippen MR) is 108 cm³/mol. The molecule has 0 radical (unpaired) electrons. The van der Waals surface area contributed by atoms with Gasteiger partial charge in [0.15, 0.2) is 6.61 Å². The van der Waals surface area contributed by atoms with E-state index < -0.39 is 36.1 Å². The summed E-state index contributed by atoms with van der Waals surface area (Å²) in [5, 5.41) is 12.7. The lowest BCUT2D eigenvalue weighted by Crippen LogP contribution is -2.73. The summed E-state index contributed by atoms with van der Waals surface area (Å²) in [6.07, 6.45) is 1.63. The highest BCUT2D eigenvalue weighted by molar-refractivity contribution is 5.97. The first-order valence-corrected chi connectivity index (χ1v) is 9.30. The van der Waals surface area contributed by atoms with Crippen molar-refractivity contribution in [1.82, 2.24) is 10.2 Å². The minimum absolute atomic E-state index is 0.275. The molecule has 8 heteroatoms. The number of carbonyl (C=O) groups is 3. The highest BCUT2D eigenvalue weighted by Gasteiger charge is 2.51. The molecule has 156 valence electrons. The largest absolute Gasteiger partial charge is 0.484 e. The molecule has 0 spiro atoms. The van der Waals surface area contributed by atoms with Gasteiger partial charge in [-0.05, 0) is 17.7 Å². The maximum Gasteiger partial charge on any atom is 0.356 e. The number of methoxy groups -OCH3 is 1. The Kier molecular flexibility index (Phi) is 6.82. The third-order valence-corrected chi connectivity index (χ3v) is 4.57. The summed E-state index contributed by atoms with van der Waals surface area (Å²) in [6.45, 7) is -0.275. The van der Waals surface area contributed by atoms with Crippen molar-refractivity contribution in [3.63, 3.8) is 0 Å². The third kappa shape index (κ3) is 4.84. The second-order valence-electron chi connectivity index (χ2n) is 6.55. The van der Waals surface area contributed by atoms with E-state index in [4.69, 9.17) is 4.74 Å². The number of para-hydroxylation sites is 1. The summed E-state index contributed by atoms with van der Waals surface area (Å²) in [5.41, 5.74) is 0.863. The number of hydrogen-bond acceptors (Lipinski definition) is 6. The second-order valence-corrected chi connectivity index (χ2v) is 6.55. The fraction of sp³-hybridized carbons (Fsp3) is 0.227. The fourth-order valence-electron chi connectivity index (χ4n) is 3.04. The van der Waals surface area contributed by atoms with Gasteiger partial charge in [0.1, 0.15) is 11.8 Å². The number of β-lactam (4-membered cyclic amide) rings is 1. The maximum absolute atomic E-state index is 12.5. The van der Waals surface area contributed by atoms with Crippen molar-refractivity contribution in [3.05, 3.63) is 72.3 Å². The lowest BCUT2D eigenvalue weighted by Gasteiger charge is -2.47. The van der Waals surface area contributed by atoms with Crippen LogP contribution in [0.5, 0.6) is 5.75 Å². The first-order valence-electron chi connectivity index (χ1n) is 9.30. The van der Waals surface area contributed by atoms with Gasteiger partial charge in [0.25, 0.3) is 11.8 Å². The average Bonchev–Trinajstić information content (AvgIpc) is 2.79. The number of esters is 1. The molecule has 2 N–H and O–H groups in total. The second kappa shape index (κ2) is 9.71. The molecule has 3 unspecified atom stereocenters. The van der Waals surface area contributed by atoms with Crippen LogP contribution in [0.15, 0.2) is 66.7 Å². The van der Waals surface area contributed by atoms with Crippen molar-refractivity contribution in [2.45, 2.75) is 18.3 Å². The molecule has 1 aliphatic rings. The molecule has 1 fully saturated rings. The van der Waals surface area contributed by atoms with E-state index in [9.17, 15) is 19.5 Å². The molecule has 0 aromatic heterocycles. The highest BCUT2D eigenvalue weighted by atomic mass is 16.5. The van der Waals surface area contributed by atoms with Crippen molar-refractivity contribution in [2.75, 3.05) is 13.7 Å². The number of aliphatic hydroxyl groups excluding tert-OH is 1. The monoisotopic (exact) mass is 410 g/mol. The van der Waals surface area contributed by atoms with Gasteiger partial charge in [0.2, 0.25) is 6.23 Å². The number of carbonyl (C=O) groups excluding carboxylic acids is 3. The van der Waals surface area contributed by atoms with Crippen LogP contribution in [0.3, 0.4) is 0 Å². The standard InChI is InChI=1S/C22H22N2O6/c1-29-22(28)21(27)24-17(13-12-15-8-4-2-5-9-15)19(20(24)26)23-18(25)14-30-16-10-6-3-7-11-16/h2-13,17,19,21,27H,14H2,1H3,(H,23,25). The molecule has 3 rings (SSSR count). The predicted octanol–water partition coefficient (Wildman–Crippen LogP) is 0.966. The lowest BCUT2D eigenvalue weighted by molar-refractivity contribution is -0.182. The van der Waals surface area contributed by atoms with Crippen LogP contribution < -0.4 is 10.1 Å². The van der Waals surface area contributed by atoms with Crippen molar-refractivity contribution in [1.29, 1.82) is 0 Å². The van der Waals surface area contributed by atoms with Gasteiger partial charge in [-0.2, -0.15) is 0 Å². The fourth-order valence-corrected chi connectivity index (χ4v) is 3.04. The Bertz CT molecular complexity index is 916. The molecule has 0 saturated carbocycles. The lowest BCUT2D eigenvalue weighted by atomic mass is 9.93. The van der Waals surface area contributed by atoms with Crippen molar-refractivity contribution >= 4 is 23.9 Å². The van der Waals surface area contributed by atoms with Gasteiger partial charge in [0, 0.05) is 0 Å². The summed E-state index contributed by atoms with van der Waals surface area (Å²) < 4.78 is 9.91. The molecule has 3 atom stereocenters. The molecule has 0 aliphatic carbocycles. The topological polar surface area (TPSA) is 105 Å². The Morgan fingerprint density at radius 1 is 1.13 bits per heavy atom. The van der Waals surface area contributed by atoms with Gasteiger partial charge in [-0.25, -0.2) is 4.79 Å². The van der Waals surface area contributed by atoms with Gasteiger partial charge >= 0.3 is 5.97 Å². The van der Waals surface area contributed by atoms with Crippen LogP contribution in [0, 0.1) is 0 Å². The summed E-state index contributed by atoms with van der Waals surface area (Å²) in [5.74, 6) is -1.53. The van der Waals surface area contributed by atoms with Crippen LogP contribution in [0.1, 0.15) is 5.56 Å². The molecule has 0 bridgehead atoms. The number of nitrogens with zero attached hydrogens (tertiary/aromatic N) is 1. The van der Waals surface area contributed by atoms with E-state index in [1.807, 2.05) is 36.4 Å². The first kappa shape index (κ1) is 21.1. The molecule has 1 heterocycles. The van der Waals surface area contributed by atoms with E-state index in [0.717, 1.165) is 17.6 Å². The zero-order valence-corrected chi connectivity index (χ0v) is 16.3. The molecule has 2 aromatic carbocycles. The number of likely N-dealkylation sites (tertiary alicyclic amines) is 1. The molecule has 8 nitrogen and oxygen atoms in total. The maximum atomic E-state index is 12.5. The molecule has 30 heavy (non-hydrogen) atoms. The van der Waals surface area contributed by atoms with E-state index in [0.29, 0.717) is 5.75 Å². The zero-order valence-electron chi connectivity index (χ0n) is 16.3. The number of amides is 2. The number of rotatable bonds is 8. The third-order valence-electron chi connectivity index (χ3n) is 4.57. The van der Waals surface area contributed by atoms with E-state index in [1.165, 1.54) is 0 Å². The molecule has 2 amide bonds. The SMILES string of the molecule is COC(=O)C(O)N1C(=O)C(NC(=O)COc2ccccc2)C1C=Cc1ccccc1. The molecule has 1 aliphatic heterocycles. The van der Waals surface area contributed by atoms with Gasteiger partial charge in [0.05, 0.1) is 13.2 Å². The Labute approximate surface area is 173 Å². The summed E-state index contributed by atoms with van der Waals surface area (Å²) in [4.78, 5) is 37.5. The van der Waals surface area contributed by atoms with Crippen molar-refractivity contribution < 1.29 is 29.0 Å². The molecular formula is C22H22N2O6. The van der Waals surface area contributed by atoms with Crippen molar-refractivity contribution in [2.24, 2.45) is 0 Å². The zero-order chi connectivity index (χ0) is 21.5. The van der Waals surface area contributed by atoms with E-state index in [2.05, 4.69) is 10.1 Å². The van der Waals surface area contributed by atoms with Crippen LogP contribution in [0.4, 0.5) is 0 Å². The Hall–Kier alpha value is -3.65. The number of ether oxygens (including phenoxy) is 2. The number of aliphatic hydroxyl groups is 1. The van der Waals surface area contributed by atoms with Crippen LogP contribution in [0.2, 0.25) is 0 Å². The van der Waals surface area contributed by atoms with Crippen LogP contribution in [-0.4, -0.2) is 59.8 Å². The number of hydrogen-bond donors (Lipinski definition) is 2. The Balaban J connectivity index is 1.69. The summed E-state index contributed by atoms with van der Waals surface area (Å²) in [6, 6.07) is 16.4. The van der Waals surface area contributed by atoms with E-state index in [-0.39, 0.29) is 6.61 Å². The summed E-state index contributed by atoms with van der Waals surface area (Å²) in [7, 11) is 1.12. The van der Waals surface area contributed by atoms with Gasteiger partial charge in [-0.3, -0.25) is 14.5 Å². The first-order chi connectivity index (χ1) is 14.5. The van der Waals surface area contributed by atoms with Crippen LogP contribution >= 0.6 is 0 Å². The van der Waals surface area contributed by atoms with Crippen LogP contribution in [-0.2, 0) is 19.1 Å². The van der Waals surface area contributed by atoms with Crippen LogP contribution in [0.25, 0.3) is 6.08 Å². The molecule has 1 saturated heterocycles. The Morgan fingerprint density at radius 2 is 1.77 bits per heavy atom. The van der Waals surface area contributed by atoms with Gasteiger partial charge in [-0.1, -0.05) is 60.7 Å². The smallest absolute Gasteiger partial charge is 0.356 e. The van der Waals surface area contributed by atoms with E-state index in [1.54, 1.807) is 36.4 Å². The van der Waals surface area contributed by atoms with Crippen molar-refractivity contribution in [3.8, 4) is 5.75 Å². The molecular weight excluding hydrogens is 388 g/mol. The highest BCUT2D eigenvalue weighted by Crippen LogP contribution is 2.25. The quantitative estimate of drug-likeness (QED) is 0.496. The normalized spacial score (nSPS) is 19.1.